The van der Waals surface area contributed by atoms with E-state index < -0.39 is 0 Å². The summed E-state index contributed by atoms with van der Waals surface area (Å²) >= 11 is 0. The van der Waals surface area contributed by atoms with Crippen LogP contribution in [0.5, 0.6) is 0 Å². The molecule has 7 heteroatoms. The van der Waals surface area contributed by atoms with Crippen LogP contribution in [-0.2, 0) is 4.79 Å². The molecule has 2 amide bonds. The number of hydrogen-bond donors (Lipinski definition) is 2. The summed E-state index contributed by atoms with van der Waals surface area (Å²) in [5, 5.41) is 6.09. The fourth-order valence-electron chi connectivity index (χ4n) is 3.25. The molecule has 1 aromatic rings. The quantitative estimate of drug-likeness (QED) is 0.820. The Morgan fingerprint density at radius 3 is 2.46 bits per heavy atom. The molecule has 2 heterocycles. The standard InChI is InChI=1S/C17H24N4O2.ClH/c22-16(13-19-17(23)14-4-2-1-3-5-14)21-10-8-20(9-11-21)15-6-7-18-12-15;/h1-5,15,18H,6-13H2,(H,19,23);1H. The molecule has 2 saturated heterocycles. The van der Waals surface area contributed by atoms with Crippen molar-refractivity contribution in [3.05, 3.63) is 35.9 Å². The highest BCUT2D eigenvalue weighted by atomic mass is 35.5. The van der Waals surface area contributed by atoms with Gasteiger partial charge in [-0.2, -0.15) is 0 Å². The number of hydrogen-bond acceptors (Lipinski definition) is 4. The van der Waals surface area contributed by atoms with Crippen molar-refractivity contribution >= 4 is 24.2 Å². The third-order valence-corrected chi connectivity index (χ3v) is 4.65. The predicted octanol–water partition coefficient (Wildman–Crippen LogP) is 0.344. The number of halogens is 1. The first-order chi connectivity index (χ1) is 11.2. The van der Waals surface area contributed by atoms with Gasteiger partial charge in [0.15, 0.2) is 0 Å². The summed E-state index contributed by atoms with van der Waals surface area (Å²) in [7, 11) is 0. The predicted molar refractivity (Wildman–Crippen MR) is 95.5 cm³/mol. The molecule has 3 rings (SSSR count). The number of rotatable bonds is 4. The van der Waals surface area contributed by atoms with E-state index in [9.17, 15) is 9.59 Å². The van der Waals surface area contributed by atoms with E-state index in [0.717, 1.165) is 39.3 Å². The lowest BCUT2D eigenvalue weighted by Crippen LogP contribution is -2.54. The van der Waals surface area contributed by atoms with Crippen molar-refractivity contribution in [2.45, 2.75) is 12.5 Å². The minimum Gasteiger partial charge on any atom is -0.343 e. The maximum absolute atomic E-state index is 12.2. The van der Waals surface area contributed by atoms with Gasteiger partial charge >= 0.3 is 0 Å². The van der Waals surface area contributed by atoms with Crippen LogP contribution >= 0.6 is 12.4 Å². The zero-order valence-electron chi connectivity index (χ0n) is 13.7. The second-order valence-corrected chi connectivity index (χ2v) is 6.11. The summed E-state index contributed by atoms with van der Waals surface area (Å²) in [5.74, 6) is -0.201. The van der Waals surface area contributed by atoms with Crippen molar-refractivity contribution in [1.82, 2.24) is 20.4 Å². The van der Waals surface area contributed by atoms with Gasteiger partial charge in [0, 0.05) is 44.3 Å². The summed E-state index contributed by atoms with van der Waals surface area (Å²) in [6, 6.07) is 9.59. The SMILES string of the molecule is Cl.O=C(NCC(=O)N1CCN(C2CCNC2)CC1)c1ccccc1. The van der Waals surface area contributed by atoms with Crippen molar-refractivity contribution in [2.24, 2.45) is 0 Å². The Balaban J connectivity index is 0.00000208. The highest BCUT2D eigenvalue weighted by Gasteiger charge is 2.27. The number of nitrogens with zero attached hydrogens (tertiary/aromatic N) is 2. The molecule has 6 nitrogen and oxygen atoms in total. The van der Waals surface area contributed by atoms with Crippen LogP contribution in [0, 0.1) is 0 Å². The number of amides is 2. The average Bonchev–Trinajstić information content (AvgIpc) is 3.15. The van der Waals surface area contributed by atoms with Crippen LogP contribution in [0.15, 0.2) is 30.3 Å². The first-order valence-corrected chi connectivity index (χ1v) is 8.30. The lowest BCUT2D eigenvalue weighted by Gasteiger charge is -2.37. The molecule has 2 aliphatic heterocycles. The average molecular weight is 353 g/mol. The molecule has 1 aromatic carbocycles. The van der Waals surface area contributed by atoms with Crippen LogP contribution < -0.4 is 10.6 Å². The Labute approximate surface area is 149 Å². The Morgan fingerprint density at radius 1 is 1.12 bits per heavy atom. The van der Waals surface area contributed by atoms with Crippen molar-refractivity contribution in [3.63, 3.8) is 0 Å². The zero-order valence-corrected chi connectivity index (χ0v) is 14.6. The Kier molecular flexibility index (Phi) is 7.02. The van der Waals surface area contributed by atoms with Crippen LogP contribution in [0.2, 0.25) is 0 Å². The van der Waals surface area contributed by atoms with Crippen LogP contribution in [-0.4, -0.2) is 73.5 Å². The number of carbonyl (C=O) groups excluding carboxylic acids is 2. The van der Waals surface area contributed by atoms with Gasteiger partial charge in [-0.1, -0.05) is 18.2 Å². The third kappa shape index (κ3) is 4.69. The van der Waals surface area contributed by atoms with E-state index in [-0.39, 0.29) is 30.8 Å². The van der Waals surface area contributed by atoms with E-state index >= 15 is 0 Å². The molecular weight excluding hydrogens is 328 g/mol. The van der Waals surface area contributed by atoms with Crippen LogP contribution in [0.3, 0.4) is 0 Å². The Bertz CT molecular complexity index is 541. The first-order valence-electron chi connectivity index (χ1n) is 8.30. The number of benzene rings is 1. The van der Waals surface area contributed by atoms with Gasteiger partial charge in [0.05, 0.1) is 6.54 Å². The normalized spacial score (nSPS) is 21.2. The zero-order chi connectivity index (χ0) is 16.1. The van der Waals surface area contributed by atoms with Gasteiger partial charge < -0.3 is 15.5 Å². The topological polar surface area (TPSA) is 64.7 Å². The number of nitrogens with one attached hydrogen (secondary N) is 2. The maximum atomic E-state index is 12.2. The molecule has 1 atom stereocenters. The largest absolute Gasteiger partial charge is 0.343 e. The second-order valence-electron chi connectivity index (χ2n) is 6.11. The molecule has 0 spiro atoms. The molecule has 0 radical (unpaired) electrons. The van der Waals surface area contributed by atoms with E-state index in [1.807, 2.05) is 23.1 Å². The van der Waals surface area contributed by atoms with Gasteiger partial charge in [-0.05, 0) is 25.1 Å². The lowest BCUT2D eigenvalue weighted by molar-refractivity contribution is -0.132. The molecule has 0 saturated carbocycles. The third-order valence-electron chi connectivity index (χ3n) is 4.65. The van der Waals surface area contributed by atoms with Crippen molar-refractivity contribution in [3.8, 4) is 0 Å². The molecule has 0 aliphatic carbocycles. The Hall–Kier alpha value is -1.63. The van der Waals surface area contributed by atoms with E-state index in [2.05, 4.69) is 15.5 Å². The molecule has 2 aliphatic rings. The maximum Gasteiger partial charge on any atom is 0.251 e. The van der Waals surface area contributed by atoms with E-state index in [1.54, 1.807) is 12.1 Å². The minimum absolute atomic E-state index is 0. The van der Waals surface area contributed by atoms with Crippen LogP contribution in [0.25, 0.3) is 0 Å². The van der Waals surface area contributed by atoms with Gasteiger partial charge in [-0.3, -0.25) is 14.5 Å². The van der Waals surface area contributed by atoms with Gasteiger partial charge in [-0.25, -0.2) is 0 Å². The smallest absolute Gasteiger partial charge is 0.251 e. The van der Waals surface area contributed by atoms with Gasteiger partial charge in [0.2, 0.25) is 5.91 Å². The fourth-order valence-corrected chi connectivity index (χ4v) is 3.25. The van der Waals surface area contributed by atoms with Crippen molar-refractivity contribution in [1.29, 1.82) is 0 Å². The second kappa shape index (κ2) is 9.01. The summed E-state index contributed by atoms with van der Waals surface area (Å²) < 4.78 is 0. The first kappa shape index (κ1) is 18.7. The van der Waals surface area contributed by atoms with Gasteiger partial charge in [-0.15, -0.1) is 12.4 Å². The molecule has 2 N–H and O–H groups in total. The molecule has 0 bridgehead atoms. The van der Waals surface area contributed by atoms with Crippen LogP contribution in [0.4, 0.5) is 0 Å². The van der Waals surface area contributed by atoms with E-state index in [4.69, 9.17) is 0 Å². The van der Waals surface area contributed by atoms with Crippen molar-refractivity contribution in [2.75, 3.05) is 45.8 Å². The van der Waals surface area contributed by atoms with E-state index in [0.29, 0.717) is 11.6 Å². The molecule has 132 valence electrons. The number of piperazine rings is 1. The van der Waals surface area contributed by atoms with Crippen molar-refractivity contribution < 1.29 is 9.59 Å². The lowest BCUT2D eigenvalue weighted by atomic mass is 10.2. The minimum atomic E-state index is -0.199. The van der Waals surface area contributed by atoms with Crippen LogP contribution in [0.1, 0.15) is 16.8 Å². The Morgan fingerprint density at radius 2 is 1.83 bits per heavy atom. The summed E-state index contributed by atoms with van der Waals surface area (Å²) in [4.78, 5) is 28.5. The molecule has 24 heavy (non-hydrogen) atoms. The summed E-state index contributed by atoms with van der Waals surface area (Å²) in [6.07, 6.45) is 1.20. The molecule has 2 fully saturated rings. The molecule has 1 unspecified atom stereocenters. The summed E-state index contributed by atoms with van der Waals surface area (Å²) in [5.41, 5.74) is 0.582. The number of carbonyl (C=O) groups is 2. The van der Waals surface area contributed by atoms with Gasteiger partial charge in [0.1, 0.15) is 0 Å². The monoisotopic (exact) mass is 352 g/mol. The van der Waals surface area contributed by atoms with E-state index in [1.165, 1.54) is 6.42 Å². The highest BCUT2D eigenvalue weighted by molar-refractivity contribution is 5.96. The molecular formula is C17H25ClN4O2. The summed E-state index contributed by atoms with van der Waals surface area (Å²) in [6.45, 7) is 5.55. The molecule has 0 aromatic heterocycles. The highest BCUT2D eigenvalue weighted by Crippen LogP contribution is 2.12. The fraction of sp³-hybridized carbons (Fsp3) is 0.529. The van der Waals surface area contributed by atoms with Gasteiger partial charge in [0.25, 0.3) is 5.91 Å².